The summed E-state index contributed by atoms with van der Waals surface area (Å²) >= 11 is 0. The van der Waals surface area contributed by atoms with E-state index in [0.717, 1.165) is 12.8 Å². The Kier molecular flexibility index (Phi) is 8.19. The predicted octanol–water partition coefficient (Wildman–Crippen LogP) is 4.55. The van der Waals surface area contributed by atoms with Gasteiger partial charge in [0.2, 0.25) is 0 Å². The highest BCUT2D eigenvalue weighted by molar-refractivity contribution is 6.04. The summed E-state index contributed by atoms with van der Waals surface area (Å²) in [6, 6.07) is 11.0. The Morgan fingerprint density at radius 2 is 1.89 bits per heavy atom. The number of carbonyl (C=O) groups excluding carboxylic acids is 3. The number of anilines is 1. The summed E-state index contributed by atoms with van der Waals surface area (Å²) < 4.78 is 5.28. The summed E-state index contributed by atoms with van der Waals surface area (Å²) in [6.45, 7) is 6.14. The van der Waals surface area contributed by atoms with E-state index < -0.39 is 22.8 Å². The Balaban J connectivity index is 1.90. The quantitative estimate of drug-likeness (QED) is 0.308. The number of hydrogen-bond donors (Lipinski definition) is 2. The fraction of sp³-hybridized carbons (Fsp3) is 0.320. The number of hydrogen-bond acceptors (Lipinski definition) is 6. The van der Waals surface area contributed by atoms with E-state index in [1.165, 1.54) is 24.3 Å². The molecule has 10 heteroatoms. The molecule has 3 amide bonds. The average molecular weight is 481 g/mol. The van der Waals surface area contributed by atoms with Crippen molar-refractivity contribution >= 4 is 29.3 Å². The van der Waals surface area contributed by atoms with Crippen LogP contribution in [0.4, 0.5) is 16.2 Å². The second-order valence-electron chi connectivity index (χ2n) is 7.99. The van der Waals surface area contributed by atoms with Crippen LogP contribution in [-0.2, 0) is 9.53 Å². The molecule has 0 saturated carbocycles. The van der Waals surface area contributed by atoms with Crippen molar-refractivity contribution in [1.29, 1.82) is 0 Å². The van der Waals surface area contributed by atoms with Gasteiger partial charge >= 0.3 is 12.0 Å². The number of urea groups is 1. The minimum absolute atomic E-state index is 0.113. The maximum Gasteiger partial charge on any atom is 0.338 e. The zero-order valence-electron chi connectivity index (χ0n) is 19.9. The normalized spacial score (nSPS) is 15.5. The van der Waals surface area contributed by atoms with E-state index in [1.54, 1.807) is 43.0 Å². The van der Waals surface area contributed by atoms with Crippen molar-refractivity contribution in [2.24, 2.45) is 0 Å². The van der Waals surface area contributed by atoms with E-state index in [1.807, 2.05) is 6.92 Å². The van der Waals surface area contributed by atoms with Crippen LogP contribution >= 0.6 is 0 Å². The Morgan fingerprint density at radius 1 is 1.17 bits per heavy atom. The molecule has 0 unspecified atom stereocenters. The number of nitro groups is 1. The van der Waals surface area contributed by atoms with Gasteiger partial charge in [-0.3, -0.25) is 19.8 Å². The molecule has 0 spiro atoms. The number of benzene rings is 2. The molecule has 35 heavy (non-hydrogen) atoms. The van der Waals surface area contributed by atoms with Crippen molar-refractivity contribution < 1.29 is 24.0 Å². The zero-order chi connectivity index (χ0) is 25.5. The molecule has 0 fully saturated rings. The molecule has 10 nitrogen and oxygen atoms in total. The van der Waals surface area contributed by atoms with Gasteiger partial charge in [0.15, 0.2) is 0 Å². The van der Waals surface area contributed by atoms with Gasteiger partial charge in [0, 0.05) is 35.6 Å². The highest BCUT2D eigenvalue weighted by Gasteiger charge is 2.36. The number of unbranched alkanes of at least 4 members (excludes halogenated alkanes) is 1. The van der Waals surface area contributed by atoms with Gasteiger partial charge in [0.05, 0.1) is 23.1 Å². The number of nitrogens with zero attached hydrogens (tertiary/aromatic N) is 2. The lowest BCUT2D eigenvalue weighted by molar-refractivity contribution is -0.384. The smallest absolute Gasteiger partial charge is 0.338 e. The van der Waals surface area contributed by atoms with Crippen LogP contribution in [-0.4, -0.2) is 40.9 Å². The summed E-state index contributed by atoms with van der Waals surface area (Å²) in [5, 5.41) is 16.5. The Labute approximate surface area is 203 Å². The van der Waals surface area contributed by atoms with Crippen molar-refractivity contribution in [2.75, 3.05) is 18.5 Å². The van der Waals surface area contributed by atoms with E-state index in [0.29, 0.717) is 29.1 Å². The minimum Gasteiger partial charge on any atom is -0.463 e. The Morgan fingerprint density at radius 3 is 2.51 bits per heavy atom. The second kappa shape index (κ2) is 11.3. The highest BCUT2D eigenvalue weighted by Crippen LogP contribution is 2.32. The number of amides is 3. The van der Waals surface area contributed by atoms with E-state index in [4.69, 9.17) is 4.74 Å². The van der Waals surface area contributed by atoms with E-state index in [9.17, 15) is 24.5 Å². The highest BCUT2D eigenvalue weighted by atomic mass is 16.6. The summed E-state index contributed by atoms with van der Waals surface area (Å²) in [5.74, 6) is -0.968. The maximum atomic E-state index is 12.9. The predicted molar refractivity (Wildman–Crippen MR) is 130 cm³/mol. The fourth-order valence-corrected chi connectivity index (χ4v) is 3.82. The topological polar surface area (TPSA) is 131 Å². The number of carbonyl (C=O) groups is 3. The van der Waals surface area contributed by atoms with Crippen LogP contribution in [0.25, 0.3) is 0 Å². The first-order chi connectivity index (χ1) is 16.8. The average Bonchev–Trinajstić information content (AvgIpc) is 2.84. The number of rotatable bonds is 9. The fourth-order valence-electron chi connectivity index (χ4n) is 3.82. The third kappa shape index (κ3) is 5.84. The third-order valence-electron chi connectivity index (χ3n) is 5.65. The Bertz CT molecular complexity index is 1160. The first-order valence-corrected chi connectivity index (χ1v) is 11.4. The van der Waals surface area contributed by atoms with Gasteiger partial charge in [-0.05, 0) is 50.1 Å². The lowest BCUT2D eigenvalue weighted by Gasteiger charge is -2.35. The van der Waals surface area contributed by atoms with Gasteiger partial charge < -0.3 is 15.4 Å². The maximum absolute atomic E-state index is 12.9. The molecular formula is C25H28N4O6. The molecular weight excluding hydrogens is 452 g/mol. The first-order valence-electron chi connectivity index (χ1n) is 11.4. The molecule has 0 radical (unpaired) electrons. The van der Waals surface area contributed by atoms with Crippen LogP contribution < -0.4 is 10.6 Å². The second-order valence-corrected chi connectivity index (χ2v) is 7.99. The van der Waals surface area contributed by atoms with Crippen LogP contribution in [0, 0.1) is 10.1 Å². The van der Waals surface area contributed by atoms with Gasteiger partial charge in [-0.25, -0.2) is 9.59 Å². The molecule has 0 aliphatic carbocycles. The van der Waals surface area contributed by atoms with Crippen LogP contribution in [0.3, 0.4) is 0 Å². The molecule has 0 saturated heterocycles. The molecule has 2 N–H and O–H groups in total. The van der Waals surface area contributed by atoms with Gasteiger partial charge in [0.25, 0.3) is 11.6 Å². The van der Waals surface area contributed by atoms with Crippen molar-refractivity contribution in [1.82, 2.24) is 10.2 Å². The van der Waals surface area contributed by atoms with Crippen molar-refractivity contribution in [2.45, 2.75) is 39.7 Å². The molecule has 1 heterocycles. The molecule has 0 aromatic heterocycles. The lowest BCUT2D eigenvalue weighted by atomic mass is 9.94. The number of non-ortho nitro benzene ring substituents is 1. The Hall–Kier alpha value is -4.21. The summed E-state index contributed by atoms with van der Waals surface area (Å²) in [6.07, 6.45) is 1.68. The van der Waals surface area contributed by atoms with E-state index in [-0.39, 0.29) is 23.9 Å². The lowest BCUT2D eigenvalue weighted by Crippen LogP contribution is -2.48. The molecule has 2 aromatic carbocycles. The molecule has 3 rings (SSSR count). The summed E-state index contributed by atoms with van der Waals surface area (Å²) in [7, 11) is 0. The SMILES string of the molecule is CCCCN1C(=O)N[C@@H](c2cccc(NC(=O)c3ccc([N+](=O)[O-])cc3)c2)C(C(=O)OCC)=C1C. The number of nitro benzene ring substituents is 1. The van der Waals surface area contributed by atoms with Gasteiger partial charge in [0.1, 0.15) is 0 Å². The minimum atomic E-state index is -0.754. The van der Waals surface area contributed by atoms with Crippen LogP contribution in [0.2, 0.25) is 0 Å². The molecule has 184 valence electrons. The summed E-state index contributed by atoms with van der Waals surface area (Å²) in [5.41, 5.74) is 2.04. The van der Waals surface area contributed by atoms with Crippen molar-refractivity contribution in [3.8, 4) is 0 Å². The molecule has 1 atom stereocenters. The van der Waals surface area contributed by atoms with Crippen LogP contribution in [0.1, 0.15) is 55.6 Å². The zero-order valence-corrected chi connectivity index (χ0v) is 19.9. The van der Waals surface area contributed by atoms with Crippen LogP contribution in [0.15, 0.2) is 59.8 Å². The van der Waals surface area contributed by atoms with Gasteiger partial charge in [-0.1, -0.05) is 25.5 Å². The molecule has 1 aliphatic rings. The first kappa shape index (κ1) is 25.4. The monoisotopic (exact) mass is 480 g/mol. The van der Waals surface area contributed by atoms with Crippen molar-refractivity contribution in [3.05, 3.63) is 81.0 Å². The van der Waals surface area contributed by atoms with E-state index in [2.05, 4.69) is 10.6 Å². The molecule has 1 aliphatic heterocycles. The standard InChI is InChI=1S/C25H28N4O6/c1-4-6-14-28-16(3)21(24(31)35-5-2)22(27-25(28)32)18-8-7-9-19(15-18)26-23(30)17-10-12-20(13-11-17)29(33)34/h7-13,15,22H,4-6,14H2,1-3H3,(H,26,30)(H,27,32)/t22-/m0/s1. The van der Waals surface area contributed by atoms with Gasteiger partial charge in [-0.2, -0.15) is 0 Å². The largest absolute Gasteiger partial charge is 0.463 e. The number of ether oxygens (including phenoxy) is 1. The number of nitrogens with one attached hydrogen (secondary N) is 2. The van der Waals surface area contributed by atoms with Gasteiger partial charge in [-0.15, -0.1) is 0 Å². The molecule has 0 bridgehead atoms. The number of esters is 1. The van der Waals surface area contributed by atoms with Crippen LogP contribution in [0.5, 0.6) is 0 Å². The summed E-state index contributed by atoms with van der Waals surface area (Å²) in [4.78, 5) is 50.2. The molecule has 2 aromatic rings. The van der Waals surface area contributed by atoms with E-state index >= 15 is 0 Å². The van der Waals surface area contributed by atoms with Crippen molar-refractivity contribution in [3.63, 3.8) is 0 Å². The third-order valence-corrected chi connectivity index (χ3v) is 5.65. The number of allylic oxidation sites excluding steroid dienone is 1.